The number of sulfonamides is 1. The molecule has 128 valence electrons. The molecule has 0 aliphatic heterocycles. The van der Waals surface area contributed by atoms with E-state index in [-0.39, 0.29) is 19.0 Å². The quantitative estimate of drug-likeness (QED) is 0.864. The highest BCUT2D eigenvalue weighted by Gasteiger charge is 2.22. The third kappa shape index (κ3) is 4.55. The van der Waals surface area contributed by atoms with Gasteiger partial charge in [-0.3, -0.25) is 14.1 Å². The Morgan fingerprint density at radius 2 is 1.92 bits per heavy atom. The van der Waals surface area contributed by atoms with Gasteiger partial charge >= 0.3 is 0 Å². The van der Waals surface area contributed by atoms with E-state index in [9.17, 15) is 13.2 Å². The Hall–Kier alpha value is -2.41. The van der Waals surface area contributed by atoms with E-state index in [2.05, 4.69) is 10.3 Å². The molecule has 0 saturated heterocycles. The van der Waals surface area contributed by atoms with Crippen LogP contribution in [-0.2, 0) is 21.4 Å². The van der Waals surface area contributed by atoms with E-state index in [1.807, 2.05) is 26.0 Å². The highest BCUT2D eigenvalue weighted by atomic mass is 32.2. The number of aryl methyl sites for hydroxylation is 1. The van der Waals surface area contributed by atoms with Gasteiger partial charge in [-0.2, -0.15) is 0 Å². The largest absolute Gasteiger partial charge is 0.349 e. The minimum Gasteiger partial charge on any atom is -0.349 e. The summed E-state index contributed by atoms with van der Waals surface area (Å²) in [7, 11) is -3.58. The molecule has 2 aromatic rings. The summed E-state index contributed by atoms with van der Waals surface area (Å²) in [4.78, 5) is 16.3. The van der Waals surface area contributed by atoms with Gasteiger partial charge in [-0.25, -0.2) is 8.42 Å². The Morgan fingerprint density at radius 1 is 1.17 bits per heavy atom. The van der Waals surface area contributed by atoms with E-state index in [1.54, 1.807) is 30.5 Å². The van der Waals surface area contributed by atoms with E-state index in [4.69, 9.17) is 0 Å². The number of anilines is 1. The fourth-order valence-electron chi connectivity index (χ4n) is 2.27. The van der Waals surface area contributed by atoms with Gasteiger partial charge < -0.3 is 5.32 Å². The van der Waals surface area contributed by atoms with Crippen LogP contribution in [0.5, 0.6) is 0 Å². The van der Waals surface area contributed by atoms with E-state index >= 15 is 0 Å². The van der Waals surface area contributed by atoms with Crippen molar-refractivity contribution in [3.05, 3.63) is 59.4 Å². The first kappa shape index (κ1) is 17.9. The fraction of sp³-hybridized carbons (Fsp3) is 0.294. The molecular weight excluding hydrogens is 326 g/mol. The second kappa shape index (κ2) is 7.44. The van der Waals surface area contributed by atoms with Crippen molar-refractivity contribution in [2.45, 2.75) is 20.4 Å². The number of amides is 1. The lowest BCUT2D eigenvalue weighted by molar-refractivity contribution is -0.119. The molecule has 1 heterocycles. The molecule has 1 amide bonds. The van der Waals surface area contributed by atoms with Gasteiger partial charge in [0.1, 0.15) is 6.54 Å². The van der Waals surface area contributed by atoms with Crippen molar-refractivity contribution >= 4 is 21.6 Å². The summed E-state index contributed by atoms with van der Waals surface area (Å²) in [6, 6.07) is 10.8. The van der Waals surface area contributed by atoms with Gasteiger partial charge in [-0.05, 0) is 43.2 Å². The molecule has 2 rings (SSSR count). The summed E-state index contributed by atoms with van der Waals surface area (Å²) >= 11 is 0. The maximum Gasteiger partial charge on any atom is 0.241 e. The molecule has 0 fully saturated rings. The van der Waals surface area contributed by atoms with E-state index in [1.165, 1.54) is 0 Å². The number of hydrogen-bond acceptors (Lipinski definition) is 4. The molecule has 1 aromatic heterocycles. The second-order valence-electron chi connectivity index (χ2n) is 5.59. The minimum absolute atomic E-state index is 0.254. The molecule has 24 heavy (non-hydrogen) atoms. The van der Waals surface area contributed by atoms with Crippen LogP contribution in [0.2, 0.25) is 0 Å². The highest BCUT2D eigenvalue weighted by molar-refractivity contribution is 7.92. The van der Waals surface area contributed by atoms with Crippen molar-refractivity contribution in [2.75, 3.05) is 17.1 Å². The summed E-state index contributed by atoms with van der Waals surface area (Å²) in [5.74, 6) is -0.382. The maximum absolute atomic E-state index is 12.2. The number of carbonyl (C=O) groups is 1. The van der Waals surface area contributed by atoms with Crippen LogP contribution in [0, 0.1) is 13.8 Å². The fourth-order valence-corrected chi connectivity index (χ4v) is 3.17. The van der Waals surface area contributed by atoms with Gasteiger partial charge in [-0.15, -0.1) is 0 Å². The highest BCUT2D eigenvalue weighted by Crippen LogP contribution is 2.24. The Labute approximate surface area is 142 Å². The number of carbonyl (C=O) groups excluding carboxylic acids is 1. The summed E-state index contributed by atoms with van der Waals surface area (Å²) in [5.41, 5.74) is 3.03. The molecule has 0 radical (unpaired) electrons. The van der Waals surface area contributed by atoms with Crippen LogP contribution in [0.1, 0.15) is 16.8 Å². The summed E-state index contributed by atoms with van der Waals surface area (Å²) < 4.78 is 25.4. The summed E-state index contributed by atoms with van der Waals surface area (Å²) in [6.07, 6.45) is 2.74. The van der Waals surface area contributed by atoms with Gasteiger partial charge in [0.2, 0.25) is 15.9 Å². The van der Waals surface area contributed by atoms with E-state index < -0.39 is 10.0 Å². The van der Waals surface area contributed by atoms with Gasteiger partial charge in [0.15, 0.2) is 0 Å². The predicted molar refractivity (Wildman–Crippen MR) is 94.2 cm³/mol. The molecule has 0 unspecified atom stereocenters. The zero-order valence-corrected chi connectivity index (χ0v) is 14.8. The predicted octanol–water partition coefficient (Wildman–Crippen LogP) is 1.78. The Bertz CT molecular complexity index is 820. The Morgan fingerprint density at radius 3 is 2.54 bits per heavy atom. The van der Waals surface area contributed by atoms with Crippen LogP contribution in [0.25, 0.3) is 0 Å². The third-order valence-corrected chi connectivity index (χ3v) is 4.85. The SMILES string of the molecule is Cc1cccc(N(CC(=O)NCc2ccccn2)S(C)(=O)=O)c1C. The minimum atomic E-state index is -3.58. The zero-order chi connectivity index (χ0) is 17.7. The first-order valence-corrected chi connectivity index (χ1v) is 9.34. The van der Waals surface area contributed by atoms with Gasteiger partial charge in [0.25, 0.3) is 0 Å². The number of pyridine rings is 1. The Balaban J connectivity index is 2.15. The van der Waals surface area contributed by atoms with Crippen LogP contribution in [0.3, 0.4) is 0 Å². The van der Waals surface area contributed by atoms with E-state index in [0.29, 0.717) is 11.4 Å². The van der Waals surface area contributed by atoms with E-state index in [0.717, 1.165) is 21.7 Å². The van der Waals surface area contributed by atoms with Crippen LogP contribution >= 0.6 is 0 Å². The molecule has 0 atom stereocenters. The van der Waals surface area contributed by atoms with Gasteiger partial charge in [-0.1, -0.05) is 18.2 Å². The Kier molecular flexibility index (Phi) is 5.56. The van der Waals surface area contributed by atoms with Crippen molar-refractivity contribution in [1.82, 2.24) is 10.3 Å². The molecule has 7 heteroatoms. The zero-order valence-electron chi connectivity index (χ0n) is 14.0. The second-order valence-corrected chi connectivity index (χ2v) is 7.49. The number of aromatic nitrogens is 1. The van der Waals surface area contributed by atoms with Crippen molar-refractivity contribution in [3.63, 3.8) is 0 Å². The lowest BCUT2D eigenvalue weighted by Gasteiger charge is -2.24. The molecule has 0 aliphatic carbocycles. The smallest absolute Gasteiger partial charge is 0.241 e. The first-order valence-electron chi connectivity index (χ1n) is 7.49. The topological polar surface area (TPSA) is 79.4 Å². The van der Waals surface area contributed by atoms with Gasteiger partial charge in [0.05, 0.1) is 24.2 Å². The molecule has 0 saturated carbocycles. The number of benzene rings is 1. The average molecular weight is 347 g/mol. The van der Waals surface area contributed by atoms with Crippen LogP contribution in [-0.4, -0.2) is 32.1 Å². The van der Waals surface area contributed by atoms with Gasteiger partial charge in [0, 0.05) is 6.20 Å². The van der Waals surface area contributed by atoms with Crippen LogP contribution in [0.4, 0.5) is 5.69 Å². The van der Waals surface area contributed by atoms with Crippen molar-refractivity contribution < 1.29 is 13.2 Å². The summed E-state index contributed by atoms with van der Waals surface area (Å²) in [5, 5.41) is 2.70. The number of hydrogen-bond donors (Lipinski definition) is 1. The first-order chi connectivity index (χ1) is 11.3. The van der Waals surface area contributed by atoms with Crippen LogP contribution < -0.4 is 9.62 Å². The monoisotopic (exact) mass is 347 g/mol. The van der Waals surface area contributed by atoms with Crippen molar-refractivity contribution in [3.8, 4) is 0 Å². The molecule has 0 spiro atoms. The van der Waals surface area contributed by atoms with Crippen molar-refractivity contribution in [1.29, 1.82) is 0 Å². The summed E-state index contributed by atoms with van der Waals surface area (Å²) in [6.45, 7) is 3.73. The molecule has 6 nitrogen and oxygen atoms in total. The average Bonchev–Trinajstić information content (AvgIpc) is 2.53. The molecule has 0 bridgehead atoms. The lowest BCUT2D eigenvalue weighted by atomic mass is 10.1. The number of nitrogens with zero attached hydrogens (tertiary/aromatic N) is 2. The normalized spacial score (nSPS) is 11.1. The van der Waals surface area contributed by atoms with Crippen LogP contribution in [0.15, 0.2) is 42.6 Å². The molecule has 1 N–H and O–H groups in total. The van der Waals surface area contributed by atoms with Crippen molar-refractivity contribution in [2.24, 2.45) is 0 Å². The molecule has 0 aliphatic rings. The number of rotatable bonds is 6. The molecular formula is C17H21N3O3S. The lowest BCUT2D eigenvalue weighted by Crippen LogP contribution is -2.40. The standard InChI is InChI=1S/C17H21N3O3S/c1-13-7-6-9-16(14(13)2)20(24(3,22)23)12-17(21)19-11-15-8-4-5-10-18-15/h4-10H,11-12H2,1-3H3,(H,19,21). The maximum atomic E-state index is 12.2. The molecule has 1 aromatic carbocycles. The number of nitrogens with one attached hydrogen (secondary N) is 1. The third-order valence-electron chi connectivity index (χ3n) is 3.73.